The van der Waals surface area contributed by atoms with Crippen molar-refractivity contribution < 1.29 is 5.21 Å². The van der Waals surface area contributed by atoms with Gasteiger partial charge in [-0.05, 0) is 18.6 Å². The minimum absolute atomic E-state index is 0.252. The number of nitrogens with two attached hydrogens (primary N) is 1. The summed E-state index contributed by atoms with van der Waals surface area (Å²) in [5, 5.41) is 13.2. The fraction of sp³-hybridized carbons (Fsp3) is 0.455. The normalized spacial score (nSPS) is 12.8. The van der Waals surface area contributed by atoms with Gasteiger partial charge in [-0.25, -0.2) is 4.98 Å². The van der Waals surface area contributed by atoms with Crippen LogP contribution in [0, 0.1) is 5.41 Å². The van der Waals surface area contributed by atoms with Crippen molar-refractivity contribution in [3.63, 3.8) is 0 Å². The van der Waals surface area contributed by atoms with E-state index in [1.54, 1.807) is 18.0 Å². The molecular weight excluding hydrogens is 258 g/mol. The van der Waals surface area contributed by atoms with Crippen LogP contribution in [0.4, 0.5) is 0 Å². The van der Waals surface area contributed by atoms with Crippen molar-refractivity contribution in [3.05, 3.63) is 23.4 Å². The predicted octanol–water partition coefficient (Wildman–Crippen LogP) is 2.99. The predicted molar refractivity (Wildman–Crippen MR) is 71.8 cm³/mol. The van der Waals surface area contributed by atoms with Gasteiger partial charge in [0.15, 0.2) is 0 Å². The van der Waals surface area contributed by atoms with Gasteiger partial charge in [-0.3, -0.25) is 0 Å². The molecule has 0 unspecified atom stereocenters. The lowest BCUT2D eigenvalue weighted by Gasteiger charge is -2.22. The van der Waals surface area contributed by atoms with Crippen LogP contribution in [-0.4, -0.2) is 21.8 Å². The third-order valence-electron chi connectivity index (χ3n) is 2.48. The molecule has 0 fully saturated rings. The Labute approximate surface area is 110 Å². The van der Waals surface area contributed by atoms with E-state index in [1.807, 2.05) is 26.0 Å². The van der Waals surface area contributed by atoms with Gasteiger partial charge in [-0.15, -0.1) is 11.8 Å². The number of hydrogen-bond donors (Lipinski definition) is 2. The molecule has 0 radical (unpaired) electrons. The van der Waals surface area contributed by atoms with Crippen LogP contribution in [0.15, 0.2) is 28.5 Å². The van der Waals surface area contributed by atoms with E-state index in [0.29, 0.717) is 5.02 Å². The molecule has 0 aliphatic heterocycles. The topological polar surface area (TPSA) is 71.5 Å². The summed E-state index contributed by atoms with van der Waals surface area (Å²) in [5.41, 5.74) is 5.30. The summed E-state index contributed by atoms with van der Waals surface area (Å²) in [6, 6.07) is 3.69. The zero-order chi connectivity index (χ0) is 12.9. The number of pyridine rings is 1. The van der Waals surface area contributed by atoms with E-state index in [-0.39, 0.29) is 11.3 Å². The van der Waals surface area contributed by atoms with E-state index in [0.717, 1.165) is 17.2 Å². The Morgan fingerprint density at radius 3 is 2.82 bits per heavy atom. The van der Waals surface area contributed by atoms with Gasteiger partial charge in [0.1, 0.15) is 5.84 Å². The molecule has 1 aromatic heterocycles. The largest absolute Gasteiger partial charge is 0.409 e. The Hall–Kier alpha value is -0.940. The summed E-state index contributed by atoms with van der Waals surface area (Å²) in [7, 11) is 0. The van der Waals surface area contributed by atoms with Gasteiger partial charge in [0, 0.05) is 17.4 Å². The van der Waals surface area contributed by atoms with E-state index in [9.17, 15) is 0 Å². The molecule has 6 heteroatoms. The van der Waals surface area contributed by atoms with Crippen molar-refractivity contribution in [3.8, 4) is 0 Å². The van der Waals surface area contributed by atoms with E-state index >= 15 is 0 Å². The van der Waals surface area contributed by atoms with Gasteiger partial charge in [-0.2, -0.15) is 0 Å². The molecule has 0 aromatic carbocycles. The number of halogens is 1. The first-order valence-corrected chi connectivity index (χ1v) is 6.54. The second-order valence-corrected chi connectivity index (χ2v) is 5.83. The Bertz CT molecular complexity index is 392. The van der Waals surface area contributed by atoms with Gasteiger partial charge in [0.05, 0.1) is 10.0 Å². The number of nitrogens with zero attached hydrogens (tertiary/aromatic N) is 2. The maximum atomic E-state index is 8.65. The van der Waals surface area contributed by atoms with E-state index in [1.165, 1.54) is 0 Å². The van der Waals surface area contributed by atoms with Crippen LogP contribution < -0.4 is 5.73 Å². The number of thioether (sulfide) groups is 1. The van der Waals surface area contributed by atoms with Gasteiger partial charge >= 0.3 is 0 Å². The van der Waals surface area contributed by atoms with Crippen LogP contribution in [-0.2, 0) is 0 Å². The molecule has 4 nitrogen and oxygen atoms in total. The molecule has 94 valence electrons. The summed E-state index contributed by atoms with van der Waals surface area (Å²) >= 11 is 7.37. The first-order chi connectivity index (χ1) is 7.95. The molecule has 0 bridgehead atoms. The van der Waals surface area contributed by atoms with E-state index in [4.69, 9.17) is 22.5 Å². The van der Waals surface area contributed by atoms with Gasteiger partial charge < -0.3 is 10.9 Å². The minimum atomic E-state index is -0.311. The van der Waals surface area contributed by atoms with Crippen molar-refractivity contribution in [1.82, 2.24) is 4.98 Å². The van der Waals surface area contributed by atoms with Gasteiger partial charge in [0.2, 0.25) is 0 Å². The number of oxime groups is 1. The van der Waals surface area contributed by atoms with Crippen LogP contribution in [0.25, 0.3) is 0 Å². The number of hydrogen-bond acceptors (Lipinski definition) is 4. The highest BCUT2D eigenvalue weighted by atomic mass is 35.5. The minimum Gasteiger partial charge on any atom is -0.409 e. The molecule has 0 atom stereocenters. The van der Waals surface area contributed by atoms with Crippen LogP contribution in [0.3, 0.4) is 0 Å². The third-order valence-corrected chi connectivity index (χ3v) is 3.65. The molecule has 0 saturated heterocycles. The second kappa shape index (κ2) is 6.12. The number of aromatic nitrogens is 1. The lowest BCUT2D eigenvalue weighted by atomic mass is 9.89. The van der Waals surface area contributed by atoms with Crippen molar-refractivity contribution in [2.75, 3.05) is 5.75 Å². The van der Waals surface area contributed by atoms with Crippen LogP contribution in [0.2, 0.25) is 5.02 Å². The Kier molecular flexibility index (Phi) is 5.08. The Morgan fingerprint density at radius 1 is 1.59 bits per heavy atom. The lowest BCUT2D eigenvalue weighted by molar-refractivity contribution is 0.307. The Morgan fingerprint density at radius 2 is 2.29 bits per heavy atom. The summed E-state index contributed by atoms with van der Waals surface area (Å²) < 4.78 is 0. The lowest BCUT2D eigenvalue weighted by Crippen LogP contribution is -2.32. The molecule has 0 amide bonds. The van der Waals surface area contributed by atoms with Crippen molar-refractivity contribution in [1.29, 1.82) is 0 Å². The average Bonchev–Trinajstić information content (AvgIpc) is 2.30. The van der Waals surface area contributed by atoms with Crippen molar-refractivity contribution >= 4 is 29.2 Å². The fourth-order valence-electron chi connectivity index (χ4n) is 1.12. The van der Waals surface area contributed by atoms with Crippen molar-refractivity contribution in [2.24, 2.45) is 16.3 Å². The molecule has 17 heavy (non-hydrogen) atoms. The van der Waals surface area contributed by atoms with Crippen molar-refractivity contribution in [2.45, 2.75) is 25.3 Å². The molecule has 0 saturated carbocycles. The zero-order valence-corrected chi connectivity index (χ0v) is 11.4. The molecule has 1 heterocycles. The Balaban J connectivity index is 2.45. The zero-order valence-electron chi connectivity index (χ0n) is 9.85. The quantitative estimate of drug-likeness (QED) is 0.284. The molecule has 0 aliphatic carbocycles. The van der Waals surface area contributed by atoms with E-state index < -0.39 is 0 Å². The smallest absolute Gasteiger partial charge is 0.144 e. The number of amidine groups is 1. The van der Waals surface area contributed by atoms with Crippen LogP contribution >= 0.6 is 23.4 Å². The highest BCUT2D eigenvalue weighted by molar-refractivity contribution is 7.99. The summed E-state index contributed by atoms with van der Waals surface area (Å²) in [6.07, 6.45) is 2.43. The molecule has 0 aliphatic rings. The highest BCUT2D eigenvalue weighted by Gasteiger charge is 2.23. The third kappa shape index (κ3) is 4.44. The van der Waals surface area contributed by atoms with E-state index in [2.05, 4.69) is 10.1 Å². The molecule has 3 N–H and O–H groups in total. The molecule has 1 aromatic rings. The van der Waals surface area contributed by atoms with Gasteiger partial charge in [-0.1, -0.05) is 30.6 Å². The summed E-state index contributed by atoms with van der Waals surface area (Å²) in [4.78, 5) is 4.18. The maximum Gasteiger partial charge on any atom is 0.144 e. The first-order valence-electron chi connectivity index (χ1n) is 5.18. The monoisotopic (exact) mass is 273 g/mol. The average molecular weight is 274 g/mol. The standard InChI is InChI=1S/C11H16ClN3OS/c1-11(2,10(13)15-16)5-6-17-9-4-3-8(12)7-14-9/h3-4,7,16H,5-6H2,1-2H3,(H2,13,15). The summed E-state index contributed by atoms with van der Waals surface area (Å²) in [6.45, 7) is 3.88. The van der Waals surface area contributed by atoms with Crippen LogP contribution in [0.1, 0.15) is 20.3 Å². The molecule has 1 rings (SSSR count). The molecular formula is C11H16ClN3OS. The SMILES string of the molecule is CC(C)(CCSc1ccc(Cl)cn1)C(N)=NO. The molecule has 0 spiro atoms. The second-order valence-electron chi connectivity index (χ2n) is 4.28. The first kappa shape index (κ1) is 14.1. The fourth-order valence-corrected chi connectivity index (χ4v) is 2.35. The number of rotatable bonds is 5. The van der Waals surface area contributed by atoms with Gasteiger partial charge in [0.25, 0.3) is 0 Å². The van der Waals surface area contributed by atoms with Crippen LogP contribution in [0.5, 0.6) is 0 Å². The summed E-state index contributed by atoms with van der Waals surface area (Å²) in [5.74, 6) is 1.10. The maximum absolute atomic E-state index is 8.65. The highest BCUT2D eigenvalue weighted by Crippen LogP contribution is 2.26.